The van der Waals surface area contributed by atoms with Crippen molar-refractivity contribution in [3.8, 4) is 0 Å². The Bertz CT molecular complexity index is 711. The minimum Gasteiger partial charge on any atom is -0.481 e. The van der Waals surface area contributed by atoms with E-state index in [1.54, 1.807) is 6.92 Å². The van der Waals surface area contributed by atoms with E-state index in [0.29, 0.717) is 25.7 Å². The van der Waals surface area contributed by atoms with Gasteiger partial charge < -0.3 is 10.2 Å². The molecule has 0 aromatic heterocycles. The van der Waals surface area contributed by atoms with Crippen molar-refractivity contribution in [1.29, 1.82) is 0 Å². The number of fused-ring (bicyclic) bond motifs is 3. The highest BCUT2D eigenvalue weighted by molar-refractivity contribution is 5.89. The lowest BCUT2D eigenvalue weighted by Crippen LogP contribution is -2.51. The molecule has 4 aliphatic rings. The van der Waals surface area contributed by atoms with E-state index in [9.17, 15) is 24.6 Å². The van der Waals surface area contributed by atoms with Crippen LogP contribution in [0.3, 0.4) is 0 Å². The first kappa shape index (κ1) is 16.8. The summed E-state index contributed by atoms with van der Waals surface area (Å²) >= 11 is 0. The number of aliphatic carboxylic acids is 2. The van der Waals surface area contributed by atoms with Crippen molar-refractivity contribution in [2.45, 2.75) is 52.4 Å². The molecule has 0 heterocycles. The largest absolute Gasteiger partial charge is 0.481 e. The van der Waals surface area contributed by atoms with Gasteiger partial charge in [0.15, 0.2) is 0 Å². The molecular formula is C20H26O5. The molecule has 5 nitrogen and oxygen atoms in total. The van der Waals surface area contributed by atoms with Gasteiger partial charge in [0.05, 0.1) is 11.3 Å². The zero-order valence-electron chi connectivity index (χ0n) is 14.9. The van der Waals surface area contributed by atoms with E-state index in [1.165, 1.54) is 0 Å². The number of Topliss-reactive ketones (excluding diaryl/α,β-unsaturated/α-hetero) is 1. The van der Waals surface area contributed by atoms with E-state index in [1.807, 2.05) is 6.92 Å². The minimum atomic E-state index is -1.10. The van der Waals surface area contributed by atoms with Crippen LogP contribution in [-0.4, -0.2) is 27.9 Å². The van der Waals surface area contributed by atoms with Crippen molar-refractivity contribution in [3.63, 3.8) is 0 Å². The summed E-state index contributed by atoms with van der Waals surface area (Å²) in [6, 6.07) is 0. The summed E-state index contributed by atoms with van der Waals surface area (Å²) in [6.45, 7) is 7.82. The van der Waals surface area contributed by atoms with Crippen LogP contribution in [0.5, 0.6) is 0 Å². The predicted molar refractivity (Wildman–Crippen MR) is 89.7 cm³/mol. The Labute approximate surface area is 147 Å². The second kappa shape index (κ2) is 4.74. The number of carbonyl (C=O) groups is 3. The fourth-order valence-electron chi connectivity index (χ4n) is 7.71. The Morgan fingerprint density at radius 2 is 1.88 bits per heavy atom. The molecule has 4 rings (SSSR count). The fourth-order valence-corrected chi connectivity index (χ4v) is 7.71. The average molecular weight is 346 g/mol. The molecule has 2 N–H and O–H groups in total. The number of rotatable bonds is 2. The third-order valence-corrected chi connectivity index (χ3v) is 8.28. The summed E-state index contributed by atoms with van der Waals surface area (Å²) in [7, 11) is 0. The van der Waals surface area contributed by atoms with Gasteiger partial charge in [0.2, 0.25) is 0 Å². The first-order valence-corrected chi connectivity index (χ1v) is 9.24. The van der Waals surface area contributed by atoms with Crippen LogP contribution in [0.2, 0.25) is 0 Å². The van der Waals surface area contributed by atoms with Gasteiger partial charge in [0.25, 0.3) is 0 Å². The number of ketones is 1. The first-order valence-electron chi connectivity index (χ1n) is 9.24. The van der Waals surface area contributed by atoms with Crippen LogP contribution in [-0.2, 0) is 14.4 Å². The second-order valence-electron chi connectivity index (χ2n) is 9.45. The Balaban J connectivity index is 1.97. The highest BCUT2D eigenvalue weighted by atomic mass is 16.4. The van der Waals surface area contributed by atoms with Gasteiger partial charge in [-0.1, -0.05) is 25.5 Å². The molecule has 136 valence electrons. The lowest BCUT2D eigenvalue weighted by atomic mass is 9.53. The minimum absolute atomic E-state index is 0.0745. The van der Waals surface area contributed by atoms with Crippen LogP contribution in [0.15, 0.2) is 12.2 Å². The topological polar surface area (TPSA) is 91.7 Å². The molecular weight excluding hydrogens is 320 g/mol. The highest BCUT2D eigenvalue weighted by Crippen LogP contribution is 2.76. The Morgan fingerprint density at radius 3 is 2.48 bits per heavy atom. The molecule has 4 fully saturated rings. The molecule has 0 aliphatic heterocycles. The maximum absolute atomic E-state index is 13.1. The van der Waals surface area contributed by atoms with Gasteiger partial charge >= 0.3 is 11.9 Å². The van der Waals surface area contributed by atoms with Crippen molar-refractivity contribution in [2.75, 3.05) is 0 Å². The summed E-state index contributed by atoms with van der Waals surface area (Å²) in [5.41, 5.74) is -1.30. The number of allylic oxidation sites excluding steroid dienone is 1. The van der Waals surface area contributed by atoms with Crippen LogP contribution < -0.4 is 0 Å². The van der Waals surface area contributed by atoms with Crippen LogP contribution in [0.1, 0.15) is 52.4 Å². The number of carbonyl (C=O) groups excluding carboxylic acids is 1. The van der Waals surface area contributed by atoms with Crippen LogP contribution in [0.4, 0.5) is 0 Å². The quantitative estimate of drug-likeness (QED) is 0.750. The molecule has 7 unspecified atom stereocenters. The van der Waals surface area contributed by atoms with Gasteiger partial charge in [-0.2, -0.15) is 0 Å². The predicted octanol–water partition coefficient (Wildman–Crippen LogP) is 3.14. The van der Waals surface area contributed by atoms with E-state index >= 15 is 0 Å². The smallest absolute Gasteiger partial charge is 0.309 e. The summed E-state index contributed by atoms with van der Waals surface area (Å²) in [6.07, 6.45) is 3.64. The molecule has 25 heavy (non-hydrogen) atoms. The Hall–Kier alpha value is -1.65. The van der Waals surface area contributed by atoms with Gasteiger partial charge in [0, 0.05) is 12.3 Å². The van der Waals surface area contributed by atoms with Crippen molar-refractivity contribution in [3.05, 3.63) is 12.2 Å². The monoisotopic (exact) mass is 346 g/mol. The van der Waals surface area contributed by atoms with Crippen molar-refractivity contribution < 1.29 is 24.6 Å². The van der Waals surface area contributed by atoms with Crippen LogP contribution in [0, 0.1) is 39.9 Å². The maximum Gasteiger partial charge on any atom is 0.309 e. The van der Waals surface area contributed by atoms with E-state index in [4.69, 9.17) is 0 Å². The second-order valence-corrected chi connectivity index (χ2v) is 9.45. The molecule has 0 amide bonds. The van der Waals surface area contributed by atoms with E-state index in [2.05, 4.69) is 6.58 Å². The van der Waals surface area contributed by atoms with Crippen molar-refractivity contribution >= 4 is 17.7 Å². The lowest BCUT2D eigenvalue weighted by molar-refractivity contribution is -0.166. The molecule has 4 aliphatic carbocycles. The molecule has 0 radical (unpaired) electrons. The third-order valence-electron chi connectivity index (χ3n) is 8.28. The fraction of sp³-hybridized carbons (Fsp3) is 0.750. The zero-order valence-corrected chi connectivity index (χ0v) is 14.9. The van der Waals surface area contributed by atoms with Gasteiger partial charge in [-0.25, -0.2) is 0 Å². The van der Waals surface area contributed by atoms with E-state index in [-0.39, 0.29) is 17.6 Å². The summed E-state index contributed by atoms with van der Waals surface area (Å²) < 4.78 is 0. The molecule has 7 atom stereocenters. The first-order chi connectivity index (χ1) is 11.6. The zero-order chi connectivity index (χ0) is 18.4. The maximum atomic E-state index is 13.1. The van der Waals surface area contributed by atoms with Crippen LogP contribution in [0.25, 0.3) is 0 Å². The summed E-state index contributed by atoms with van der Waals surface area (Å²) in [5.74, 6) is -3.29. The standard InChI is InChI=1S/C20H26O5/c1-10-8-20-9-11(10)7-12(21)14(20)18(2)5-4-6-19(3,17(24)25)15(18)13(20)16(22)23/h11,13-15H,1,4-9H2,2-3H3,(H,22,23)(H,24,25). The summed E-state index contributed by atoms with van der Waals surface area (Å²) in [5, 5.41) is 20.2. The molecule has 4 saturated carbocycles. The molecule has 1 spiro atoms. The van der Waals surface area contributed by atoms with Gasteiger partial charge in [0.1, 0.15) is 5.78 Å². The molecule has 0 aromatic carbocycles. The number of hydrogen-bond donors (Lipinski definition) is 2. The normalized spacial score (nSPS) is 51.1. The van der Waals surface area contributed by atoms with Gasteiger partial charge in [-0.05, 0) is 55.3 Å². The number of carboxylic acids is 2. The summed E-state index contributed by atoms with van der Waals surface area (Å²) in [4.78, 5) is 37.7. The van der Waals surface area contributed by atoms with E-state index < -0.39 is 40.0 Å². The Kier molecular flexibility index (Phi) is 3.19. The lowest BCUT2D eigenvalue weighted by Gasteiger charge is -2.49. The average Bonchev–Trinajstić information content (AvgIpc) is 2.88. The number of carboxylic acid groups (broad SMARTS) is 2. The molecule has 5 heteroatoms. The van der Waals surface area contributed by atoms with Gasteiger partial charge in [-0.3, -0.25) is 14.4 Å². The number of hydrogen-bond acceptors (Lipinski definition) is 3. The van der Waals surface area contributed by atoms with Crippen molar-refractivity contribution in [1.82, 2.24) is 0 Å². The van der Waals surface area contributed by atoms with E-state index in [0.717, 1.165) is 18.4 Å². The third kappa shape index (κ3) is 1.77. The highest BCUT2D eigenvalue weighted by Gasteiger charge is 2.77. The van der Waals surface area contributed by atoms with Gasteiger partial charge in [-0.15, -0.1) is 0 Å². The SMILES string of the molecule is C=C1CC23CC1CC(=O)C2C1(C)CCCC(C)(C(=O)O)C1C3C(=O)O. The molecule has 0 aromatic rings. The molecule has 2 bridgehead atoms. The van der Waals surface area contributed by atoms with Crippen LogP contribution >= 0.6 is 0 Å². The van der Waals surface area contributed by atoms with Crippen molar-refractivity contribution in [2.24, 2.45) is 39.9 Å². The Morgan fingerprint density at radius 1 is 1.20 bits per heavy atom. The molecule has 0 saturated heterocycles.